The summed E-state index contributed by atoms with van der Waals surface area (Å²) in [6.45, 7) is 5.78. The lowest BCUT2D eigenvalue weighted by Gasteiger charge is -2.05. The lowest BCUT2D eigenvalue weighted by Crippen LogP contribution is -2.16. The summed E-state index contributed by atoms with van der Waals surface area (Å²) < 4.78 is 0. The van der Waals surface area contributed by atoms with Crippen molar-refractivity contribution < 1.29 is 4.79 Å². The number of aromatic amines is 1. The molecule has 0 radical (unpaired) electrons. The van der Waals surface area contributed by atoms with Gasteiger partial charge in [-0.3, -0.25) is 14.9 Å². The van der Waals surface area contributed by atoms with E-state index in [0.29, 0.717) is 5.82 Å². The lowest BCUT2D eigenvalue weighted by atomic mass is 10.1. The van der Waals surface area contributed by atoms with E-state index in [2.05, 4.69) is 20.5 Å². The molecule has 0 aliphatic carbocycles. The third-order valence-corrected chi connectivity index (χ3v) is 2.96. The van der Waals surface area contributed by atoms with Gasteiger partial charge in [-0.15, -0.1) is 0 Å². The first-order valence-electron chi connectivity index (χ1n) is 5.80. The highest BCUT2D eigenvalue weighted by atomic mass is 16.1. The largest absolute Gasteiger partial charge is 0.309 e. The van der Waals surface area contributed by atoms with Gasteiger partial charge in [-0.25, -0.2) is 0 Å². The van der Waals surface area contributed by atoms with Crippen molar-refractivity contribution >= 4 is 11.7 Å². The minimum Gasteiger partial charge on any atom is -0.309 e. The van der Waals surface area contributed by atoms with Crippen LogP contribution >= 0.6 is 0 Å². The highest BCUT2D eigenvalue weighted by molar-refractivity contribution is 5.92. The van der Waals surface area contributed by atoms with Gasteiger partial charge in [0.1, 0.15) is 0 Å². The Morgan fingerprint density at radius 2 is 2.17 bits per heavy atom. The van der Waals surface area contributed by atoms with E-state index in [1.54, 1.807) is 6.20 Å². The second-order valence-electron chi connectivity index (χ2n) is 4.31. The van der Waals surface area contributed by atoms with Crippen LogP contribution < -0.4 is 5.32 Å². The van der Waals surface area contributed by atoms with Crippen molar-refractivity contribution in [2.24, 2.45) is 0 Å². The fraction of sp³-hybridized carbons (Fsp3) is 0.308. The molecule has 0 aromatic carbocycles. The van der Waals surface area contributed by atoms with E-state index >= 15 is 0 Å². The Hall–Kier alpha value is -2.17. The number of anilines is 1. The Labute approximate surface area is 106 Å². The maximum absolute atomic E-state index is 11.9. The van der Waals surface area contributed by atoms with Gasteiger partial charge in [0.05, 0.1) is 12.1 Å². The number of hydrogen-bond donors (Lipinski definition) is 2. The van der Waals surface area contributed by atoms with Crippen molar-refractivity contribution in [2.45, 2.75) is 27.2 Å². The number of aryl methyl sites for hydroxylation is 2. The molecule has 0 fully saturated rings. The average Bonchev–Trinajstić information content (AvgIpc) is 2.64. The molecule has 2 aromatic heterocycles. The predicted octanol–water partition coefficient (Wildman–Crippen LogP) is 1.91. The van der Waals surface area contributed by atoms with Gasteiger partial charge < -0.3 is 5.32 Å². The van der Waals surface area contributed by atoms with Crippen molar-refractivity contribution in [1.29, 1.82) is 0 Å². The molecule has 5 heteroatoms. The van der Waals surface area contributed by atoms with Crippen LogP contribution in [0.1, 0.15) is 22.5 Å². The van der Waals surface area contributed by atoms with E-state index in [-0.39, 0.29) is 12.3 Å². The molecule has 0 saturated heterocycles. The van der Waals surface area contributed by atoms with Crippen LogP contribution in [0.25, 0.3) is 0 Å². The fourth-order valence-corrected chi connectivity index (χ4v) is 1.64. The maximum Gasteiger partial charge on any atom is 0.231 e. The molecule has 0 spiro atoms. The summed E-state index contributed by atoms with van der Waals surface area (Å²) in [6.07, 6.45) is 1.96. The third-order valence-electron chi connectivity index (χ3n) is 2.96. The van der Waals surface area contributed by atoms with Gasteiger partial charge >= 0.3 is 0 Å². The molecule has 18 heavy (non-hydrogen) atoms. The van der Waals surface area contributed by atoms with E-state index in [4.69, 9.17) is 0 Å². The zero-order chi connectivity index (χ0) is 13.1. The van der Waals surface area contributed by atoms with Crippen molar-refractivity contribution in [1.82, 2.24) is 15.2 Å². The first kappa shape index (κ1) is 12.3. The Morgan fingerprint density at radius 1 is 1.39 bits per heavy atom. The van der Waals surface area contributed by atoms with Crippen LogP contribution in [0.15, 0.2) is 18.3 Å². The smallest absolute Gasteiger partial charge is 0.231 e. The standard InChI is InChI=1S/C13H16N4O/c1-8-5-4-6-14-11(8)7-12(18)15-13-9(2)10(3)16-17-13/h4-6H,7H2,1-3H3,(H2,15,16,17,18). The SMILES string of the molecule is Cc1cccnc1CC(=O)Nc1n[nH]c(C)c1C. The van der Waals surface area contributed by atoms with Gasteiger partial charge in [-0.1, -0.05) is 6.07 Å². The van der Waals surface area contributed by atoms with Crippen LogP contribution in [0.5, 0.6) is 0 Å². The number of aromatic nitrogens is 3. The molecule has 0 bridgehead atoms. The van der Waals surface area contributed by atoms with E-state index < -0.39 is 0 Å². The lowest BCUT2D eigenvalue weighted by molar-refractivity contribution is -0.115. The van der Waals surface area contributed by atoms with Gasteiger partial charge in [0, 0.05) is 17.5 Å². The van der Waals surface area contributed by atoms with Crippen LogP contribution in [-0.4, -0.2) is 21.1 Å². The Balaban J connectivity index is 2.06. The summed E-state index contributed by atoms with van der Waals surface area (Å²) in [5, 5.41) is 9.66. The number of pyridine rings is 1. The number of nitrogens with one attached hydrogen (secondary N) is 2. The number of carbonyl (C=O) groups is 1. The second kappa shape index (κ2) is 5.00. The van der Waals surface area contributed by atoms with Crippen molar-refractivity contribution in [3.05, 3.63) is 40.8 Å². The summed E-state index contributed by atoms with van der Waals surface area (Å²) in [5.41, 5.74) is 3.72. The summed E-state index contributed by atoms with van der Waals surface area (Å²) in [7, 11) is 0. The van der Waals surface area contributed by atoms with Gasteiger partial charge in [0.2, 0.25) is 5.91 Å². The summed E-state index contributed by atoms with van der Waals surface area (Å²) in [6, 6.07) is 3.80. The summed E-state index contributed by atoms with van der Waals surface area (Å²) >= 11 is 0. The number of nitrogens with zero attached hydrogens (tertiary/aromatic N) is 2. The third kappa shape index (κ3) is 2.56. The molecule has 0 saturated carbocycles. The molecule has 0 aliphatic heterocycles. The van der Waals surface area contributed by atoms with Crippen molar-refractivity contribution in [3.8, 4) is 0 Å². The number of hydrogen-bond acceptors (Lipinski definition) is 3. The van der Waals surface area contributed by atoms with Gasteiger partial charge in [-0.05, 0) is 32.4 Å². The number of rotatable bonds is 3. The highest BCUT2D eigenvalue weighted by Crippen LogP contribution is 2.14. The van der Waals surface area contributed by atoms with Crippen LogP contribution in [-0.2, 0) is 11.2 Å². The Bertz CT molecular complexity index is 574. The molecule has 2 heterocycles. The van der Waals surface area contributed by atoms with Gasteiger partial charge in [0.15, 0.2) is 5.82 Å². The van der Waals surface area contributed by atoms with Crippen LogP contribution in [0.3, 0.4) is 0 Å². The van der Waals surface area contributed by atoms with Gasteiger partial charge in [0.25, 0.3) is 0 Å². The first-order chi connectivity index (χ1) is 8.58. The maximum atomic E-state index is 11.9. The average molecular weight is 244 g/mol. The zero-order valence-corrected chi connectivity index (χ0v) is 10.7. The Kier molecular flexibility index (Phi) is 3.41. The first-order valence-corrected chi connectivity index (χ1v) is 5.80. The van der Waals surface area contributed by atoms with Crippen molar-refractivity contribution in [2.75, 3.05) is 5.32 Å². The molecule has 1 amide bonds. The summed E-state index contributed by atoms with van der Waals surface area (Å²) in [4.78, 5) is 16.1. The minimum absolute atomic E-state index is 0.105. The fourth-order valence-electron chi connectivity index (χ4n) is 1.64. The van der Waals surface area contributed by atoms with Crippen LogP contribution in [0.4, 0.5) is 5.82 Å². The molecule has 2 rings (SSSR count). The molecule has 2 aromatic rings. The van der Waals surface area contributed by atoms with E-state index in [9.17, 15) is 4.79 Å². The summed E-state index contributed by atoms with van der Waals surface area (Å²) in [5.74, 6) is 0.484. The molecule has 0 unspecified atom stereocenters. The van der Waals surface area contributed by atoms with Crippen LogP contribution in [0, 0.1) is 20.8 Å². The number of amides is 1. The second-order valence-corrected chi connectivity index (χ2v) is 4.31. The highest BCUT2D eigenvalue weighted by Gasteiger charge is 2.11. The molecular weight excluding hydrogens is 228 g/mol. The normalized spacial score (nSPS) is 10.4. The monoisotopic (exact) mass is 244 g/mol. The molecule has 2 N–H and O–H groups in total. The van der Waals surface area contributed by atoms with Crippen molar-refractivity contribution in [3.63, 3.8) is 0 Å². The quantitative estimate of drug-likeness (QED) is 0.866. The molecule has 0 aliphatic rings. The zero-order valence-electron chi connectivity index (χ0n) is 10.7. The van der Waals surface area contributed by atoms with E-state index in [1.807, 2.05) is 32.9 Å². The number of H-pyrrole nitrogens is 1. The topological polar surface area (TPSA) is 70.7 Å². The molecule has 0 atom stereocenters. The Morgan fingerprint density at radius 3 is 2.78 bits per heavy atom. The van der Waals surface area contributed by atoms with E-state index in [1.165, 1.54) is 0 Å². The van der Waals surface area contributed by atoms with Gasteiger partial charge in [-0.2, -0.15) is 5.10 Å². The van der Waals surface area contributed by atoms with Crippen LogP contribution in [0.2, 0.25) is 0 Å². The van der Waals surface area contributed by atoms with E-state index in [0.717, 1.165) is 22.5 Å². The molecule has 5 nitrogen and oxygen atoms in total. The molecule has 94 valence electrons. The number of carbonyl (C=O) groups excluding carboxylic acids is 1. The predicted molar refractivity (Wildman–Crippen MR) is 69.4 cm³/mol. The minimum atomic E-state index is -0.105. The molecular formula is C13H16N4O.